The van der Waals surface area contributed by atoms with Gasteiger partial charge >= 0.3 is 0 Å². The van der Waals surface area contributed by atoms with Gasteiger partial charge in [-0.2, -0.15) is 0 Å². The summed E-state index contributed by atoms with van der Waals surface area (Å²) in [5, 5.41) is 9.27. The largest absolute Gasteiger partial charge is 0.371 e. The van der Waals surface area contributed by atoms with Crippen molar-refractivity contribution in [3.8, 4) is 0 Å². The third-order valence-corrected chi connectivity index (χ3v) is 5.46. The molecular weight excluding hydrogens is 400 g/mol. The zero-order chi connectivity index (χ0) is 22.2. The molecule has 1 saturated heterocycles. The highest BCUT2D eigenvalue weighted by atomic mass is 19.2. The molecule has 2 aromatic carbocycles. The number of anilines is 1. The molecule has 1 fully saturated rings. The van der Waals surface area contributed by atoms with Gasteiger partial charge in [0.15, 0.2) is 17.6 Å². The molecule has 8 heteroatoms. The summed E-state index contributed by atoms with van der Waals surface area (Å²) in [6.07, 6.45) is 1.73. The predicted molar refractivity (Wildman–Crippen MR) is 120 cm³/mol. The van der Waals surface area contributed by atoms with Crippen LogP contribution in [0.4, 0.5) is 14.5 Å². The number of guanidine groups is 1. The third-order valence-electron chi connectivity index (χ3n) is 5.46. The number of halogens is 2. The molecule has 0 saturated carbocycles. The molecule has 3 N–H and O–H groups in total. The fourth-order valence-electron chi connectivity index (χ4n) is 3.71. The molecule has 1 atom stereocenters. The number of aliphatic imine (C=N–C) groups is 1. The SMILES string of the molecule is CN=C(NCCc1cccc(C(=O)NC)c1)NCC1CCN(c2ccc(F)c(F)c2)C1. The maximum Gasteiger partial charge on any atom is 0.251 e. The van der Waals surface area contributed by atoms with Gasteiger partial charge in [-0.1, -0.05) is 12.1 Å². The number of rotatable bonds is 7. The number of hydrogen-bond acceptors (Lipinski definition) is 3. The normalized spacial score (nSPS) is 16.3. The Morgan fingerprint density at radius 1 is 1.16 bits per heavy atom. The van der Waals surface area contributed by atoms with Gasteiger partial charge in [-0.15, -0.1) is 0 Å². The van der Waals surface area contributed by atoms with Crippen molar-refractivity contribution in [1.29, 1.82) is 0 Å². The molecule has 6 nitrogen and oxygen atoms in total. The summed E-state index contributed by atoms with van der Waals surface area (Å²) >= 11 is 0. The van der Waals surface area contributed by atoms with Gasteiger partial charge in [-0.05, 0) is 48.6 Å². The summed E-state index contributed by atoms with van der Waals surface area (Å²) in [5.41, 5.74) is 2.43. The van der Waals surface area contributed by atoms with E-state index in [0.717, 1.165) is 38.0 Å². The number of nitrogens with one attached hydrogen (secondary N) is 3. The van der Waals surface area contributed by atoms with Gasteiger partial charge in [0.25, 0.3) is 5.91 Å². The van der Waals surface area contributed by atoms with Crippen molar-refractivity contribution in [2.75, 3.05) is 45.2 Å². The molecule has 1 unspecified atom stereocenters. The smallest absolute Gasteiger partial charge is 0.251 e. The van der Waals surface area contributed by atoms with Crippen molar-refractivity contribution in [2.24, 2.45) is 10.9 Å². The van der Waals surface area contributed by atoms with Crippen LogP contribution in [0, 0.1) is 17.6 Å². The van der Waals surface area contributed by atoms with Crippen molar-refractivity contribution in [1.82, 2.24) is 16.0 Å². The number of hydrogen-bond donors (Lipinski definition) is 3. The van der Waals surface area contributed by atoms with E-state index in [2.05, 4.69) is 25.8 Å². The lowest BCUT2D eigenvalue weighted by molar-refractivity contribution is 0.0963. The van der Waals surface area contributed by atoms with E-state index >= 15 is 0 Å². The van der Waals surface area contributed by atoms with Crippen molar-refractivity contribution >= 4 is 17.6 Å². The summed E-state index contributed by atoms with van der Waals surface area (Å²) < 4.78 is 26.6. The average molecular weight is 430 g/mol. The summed E-state index contributed by atoms with van der Waals surface area (Å²) in [6, 6.07) is 11.6. The lowest BCUT2D eigenvalue weighted by Gasteiger charge is -2.19. The quantitative estimate of drug-likeness (QED) is 0.468. The Balaban J connectivity index is 1.43. The molecule has 0 aliphatic carbocycles. The molecule has 0 spiro atoms. The Morgan fingerprint density at radius 3 is 2.74 bits per heavy atom. The van der Waals surface area contributed by atoms with E-state index in [1.165, 1.54) is 12.1 Å². The number of benzene rings is 2. The van der Waals surface area contributed by atoms with Gasteiger partial charge in [0.05, 0.1) is 0 Å². The van der Waals surface area contributed by atoms with E-state index in [0.29, 0.717) is 29.7 Å². The number of nitrogens with zero attached hydrogens (tertiary/aromatic N) is 2. The maximum atomic E-state index is 13.5. The highest BCUT2D eigenvalue weighted by Gasteiger charge is 2.23. The number of amides is 1. The first kappa shape index (κ1) is 22.5. The summed E-state index contributed by atoms with van der Waals surface area (Å²) in [5.74, 6) is -0.633. The van der Waals surface area contributed by atoms with Crippen LogP contribution in [0.3, 0.4) is 0 Å². The van der Waals surface area contributed by atoms with E-state index in [1.807, 2.05) is 18.2 Å². The van der Waals surface area contributed by atoms with E-state index in [4.69, 9.17) is 0 Å². The average Bonchev–Trinajstić information content (AvgIpc) is 3.26. The van der Waals surface area contributed by atoms with Gasteiger partial charge in [0.2, 0.25) is 0 Å². The second-order valence-electron chi connectivity index (χ2n) is 7.61. The van der Waals surface area contributed by atoms with Gasteiger partial charge < -0.3 is 20.9 Å². The molecule has 31 heavy (non-hydrogen) atoms. The van der Waals surface area contributed by atoms with Crippen LogP contribution in [0.5, 0.6) is 0 Å². The molecule has 1 amide bonds. The van der Waals surface area contributed by atoms with Crippen LogP contribution in [0.25, 0.3) is 0 Å². The summed E-state index contributed by atoms with van der Waals surface area (Å²) in [4.78, 5) is 18.1. The summed E-state index contributed by atoms with van der Waals surface area (Å²) in [6.45, 7) is 3.01. The minimum Gasteiger partial charge on any atom is -0.371 e. The predicted octanol–water partition coefficient (Wildman–Crippen LogP) is 2.56. The standard InChI is InChI=1S/C23H29F2N5O/c1-26-22(31)18-5-3-4-16(12-18)8-10-28-23(27-2)29-14-17-9-11-30(15-17)19-6-7-20(24)21(25)13-19/h3-7,12-13,17H,8-11,14-15H2,1-2H3,(H,26,31)(H2,27,28,29). The maximum absolute atomic E-state index is 13.5. The highest BCUT2D eigenvalue weighted by molar-refractivity contribution is 5.94. The molecule has 0 aromatic heterocycles. The molecule has 1 aliphatic heterocycles. The van der Waals surface area contributed by atoms with E-state index < -0.39 is 11.6 Å². The lowest BCUT2D eigenvalue weighted by atomic mass is 10.1. The minimum atomic E-state index is -0.823. The van der Waals surface area contributed by atoms with Crippen LogP contribution >= 0.6 is 0 Å². The topological polar surface area (TPSA) is 68.8 Å². The van der Waals surface area contributed by atoms with Crippen molar-refractivity contribution < 1.29 is 13.6 Å². The lowest BCUT2D eigenvalue weighted by Crippen LogP contribution is -2.41. The van der Waals surface area contributed by atoms with E-state index in [1.54, 1.807) is 26.2 Å². The van der Waals surface area contributed by atoms with Crippen LogP contribution in [0.2, 0.25) is 0 Å². The zero-order valence-corrected chi connectivity index (χ0v) is 17.9. The highest BCUT2D eigenvalue weighted by Crippen LogP contribution is 2.25. The molecule has 1 aliphatic rings. The molecule has 3 rings (SSSR count). The van der Waals surface area contributed by atoms with Crippen molar-refractivity contribution in [3.63, 3.8) is 0 Å². The fraction of sp³-hybridized carbons (Fsp3) is 0.391. The number of carbonyl (C=O) groups is 1. The molecular formula is C23H29F2N5O. The molecule has 0 radical (unpaired) electrons. The zero-order valence-electron chi connectivity index (χ0n) is 17.9. The second-order valence-corrected chi connectivity index (χ2v) is 7.61. The molecule has 166 valence electrons. The van der Waals surface area contributed by atoms with Crippen molar-refractivity contribution in [3.05, 3.63) is 65.2 Å². The molecule has 0 bridgehead atoms. The Labute approximate surface area is 181 Å². The molecule has 1 heterocycles. The van der Waals surface area contributed by atoms with Gasteiger partial charge in [0.1, 0.15) is 0 Å². The van der Waals surface area contributed by atoms with Crippen LogP contribution in [-0.2, 0) is 6.42 Å². The van der Waals surface area contributed by atoms with Gasteiger partial charge in [-0.25, -0.2) is 8.78 Å². The van der Waals surface area contributed by atoms with E-state index in [-0.39, 0.29) is 5.91 Å². The summed E-state index contributed by atoms with van der Waals surface area (Å²) in [7, 11) is 3.34. The van der Waals surface area contributed by atoms with Crippen LogP contribution in [0.15, 0.2) is 47.5 Å². The Bertz CT molecular complexity index is 934. The monoisotopic (exact) mass is 429 g/mol. The minimum absolute atomic E-state index is 0.0960. The first-order valence-electron chi connectivity index (χ1n) is 10.5. The van der Waals surface area contributed by atoms with Crippen LogP contribution < -0.4 is 20.9 Å². The number of carbonyl (C=O) groups excluding carboxylic acids is 1. The third kappa shape index (κ3) is 6.16. The van der Waals surface area contributed by atoms with Crippen molar-refractivity contribution in [2.45, 2.75) is 12.8 Å². The Morgan fingerprint density at radius 2 is 2.00 bits per heavy atom. The van der Waals surface area contributed by atoms with E-state index in [9.17, 15) is 13.6 Å². The first-order valence-corrected chi connectivity index (χ1v) is 10.5. The van der Waals surface area contributed by atoms with Gasteiger partial charge in [0, 0.05) is 57.6 Å². The van der Waals surface area contributed by atoms with Crippen LogP contribution in [-0.4, -0.2) is 52.1 Å². The van der Waals surface area contributed by atoms with Gasteiger partial charge in [-0.3, -0.25) is 9.79 Å². The first-order chi connectivity index (χ1) is 15.0. The molecule has 2 aromatic rings. The second kappa shape index (κ2) is 10.7. The Hall–Kier alpha value is -3.16. The Kier molecular flexibility index (Phi) is 7.81. The van der Waals surface area contributed by atoms with Crippen LogP contribution in [0.1, 0.15) is 22.3 Å². The fourth-order valence-corrected chi connectivity index (χ4v) is 3.71.